The van der Waals surface area contributed by atoms with Crippen molar-refractivity contribution in [2.75, 3.05) is 0 Å². The fourth-order valence-electron chi connectivity index (χ4n) is 3.30. The summed E-state index contributed by atoms with van der Waals surface area (Å²) < 4.78 is 0. The third-order valence-electron chi connectivity index (χ3n) is 4.49. The molecule has 2 rings (SSSR count). The number of oxime groups is 1. The van der Waals surface area contributed by atoms with Crippen molar-refractivity contribution in [2.45, 2.75) is 46.0 Å². The Morgan fingerprint density at radius 2 is 2.06 bits per heavy atom. The van der Waals surface area contributed by atoms with E-state index in [4.69, 9.17) is 0 Å². The van der Waals surface area contributed by atoms with Gasteiger partial charge in [0.15, 0.2) is 0 Å². The van der Waals surface area contributed by atoms with Crippen LogP contribution in [-0.2, 0) is 0 Å². The molecule has 0 unspecified atom stereocenters. The predicted octanol–water partition coefficient (Wildman–Crippen LogP) is 3.86. The molecule has 0 radical (unpaired) electrons. The molecule has 0 aromatic rings. The van der Waals surface area contributed by atoms with Crippen LogP contribution in [0.5, 0.6) is 0 Å². The maximum Gasteiger partial charge on any atom is 0.0610 e. The Kier molecular flexibility index (Phi) is 3.67. The molecule has 0 aromatic carbocycles. The van der Waals surface area contributed by atoms with E-state index in [1.807, 2.05) is 0 Å². The first-order valence-corrected chi connectivity index (χ1v) is 6.67. The minimum Gasteiger partial charge on any atom is -0.411 e. The van der Waals surface area contributed by atoms with E-state index >= 15 is 0 Å². The summed E-state index contributed by atoms with van der Waals surface area (Å²) in [6.45, 7) is 4.45. The van der Waals surface area contributed by atoms with E-state index in [2.05, 4.69) is 31.2 Å². The fourth-order valence-corrected chi connectivity index (χ4v) is 3.30. The van der Waals surface area contributed by atoms with Crippen LogP contribution in [0.25, 0.3) is 0 Å². The topological polar surface area (TPSA) is 32.6 Å². The van der Waals surface area contributed by atoms with Gasteiger partial charge in [0, 0.05) is 5.92 Å². The van der Waals surface area contributed by atoms with Crippen molar-refractivity contribution in [2.24, 2.45) is 28.8 Å². The second-order valence-electron chi connectivity index (χ2n) is 5.36. The lowest BCUT2D eigenvalue weighted by molar-refractivity contribution is 0.308. The molecule has 2 nitrogen and oxygen atoms in total. The Bertz CT molecular complexity index is 291. The Labute approximate surface area is 98.4 Å². The molecule has 0 spiro atoms. The Morgan fingerprint density at radius 3 is 2.50 bits per heavy atom. The second-order valence-corrected chi connectivity index (χ2v) is 5.36. The maximum absolute atomic E-state index is 9.22. The molecule has 2 aliphatic carbocycles. The van der Waals surface area contributed by atoms with Gasteiger partial charge in [0.25, 0.3) is 0 Å². The fraction of sp³-hybridized carbons (Fsp3) is 0.786. The van der Waals surface area contributed by atoms with Gasteiger partial charge in [0.05, 0.1) is 5.71 Å². The van der Waals surface area contributed by atoms with Crippen LogP contribution in [-0.4, -0.2) is 10.9 Å². The van der Waals surface area contributed by atoms with E-state index in [1.165, 1.54) is 25.7 Å². The zero-order chi connectivity index (χ0) is 11.5. The van der Waals surface area contributed by atoms with Crippen LogP contribution in [0, 0.1) is 23.7 Å². The number of hydrogen-bond donors (Lipinski definition) is 1. The lowest BCUT2D eigenvalue weighted by Crippen LogP contribution is -2.21. The van der Waals surface area contributed by atoms with Crippen LogP contribution in [0.2, 0.25) is 0 Å². The van der Waals surface area contributed by atoms with Gasteiger partial charge >= 0.3 is 0 Å². The van der Waals surface area contributed by atoms with Crippen molar-refractivity contribution < 1.29 is 5.21 Å². The van der Waals surface area contributed by atoms with Crippen molar-refractivity contribution in [3.63, 3.8) is 0 Å². The van der Waals surface area contributed by atoms with Crippen molar-refractivity contribution in [1.82, 2.24) is 0 Å². The van der Waals surface area contributed by atoms with E-state index in [0.717, 1.165) is 18.1 Å². The number of fused-ring (bicyclic) bond motifs is 2. The highest BCUT2D eigenvalue weighted by atomic mass is 16.4. The molecule has 2 heteroatoms. The molecule has 0 aliphatic heterocycles. The predicted molar refractivity (Wildman–Crippen MR) is 66.8 cm³/mol. The zero-order valence-corrected chi connectivity index (χ0v) is 10.4. The van der Waals surface area contributed by atoms with Crippen LogP contribution < -0.4 is 0 Å². The van der Waals surface area contributed by atoms with Crippen LogP contribution in [0.15, 0.2) is 17.3 Å². The highest BCUT2D eigenvalue weighted by molar-refractivity contribution is 5.87. The number of rotatable bonds is 5. The average molecular weight is 221 g/mol. The number of nitrogens with zero attached hydrogens (tertiary/aromatic N) is 1. The molecule has 0 heterocycles. The third-order valence-corrected chi connectivity index (χ3v) is 4.49. The van der Waals surface area contributed by atoms with Gasteiger partial charge in [-0.15, -0.1) is 0 Å². The summed E-state index contributed by atoms with van der Waals surface area (Å²) in [7, 11) is 0. The summed E-state index contributed by atoms with van der Waals surface area (Å²) in [5.41, 5.74) is 1.06. The molecule has 1 N–H and O–H groups in total. The Balaban J connectivity index is 1.98. The highest BCUT2D eigenvalue weighted by Crippen LogP contribution is 2.45. The monoisotopic (exact) mass is 221 g/mol. The normalized spacial score (nSPS) is 32.9. The summed E-state index contributed by atoms with van der Waals surface area (Å²) in [4.78, 5) is 0. The van der Waals surface area contributed by atoms with Gasteiger partial charge in [-0.2, -0.15) is 0 Å². The minimum atomic E-state index is 0.528. The molecule has 2 aliphatic rings. The number of allylic oxidation sites excluding steroid dienone is 2. The first-order valence-electron chi connectivity index (χ1n) is 6.67. The van der Waals surface area contributed by atoms with Crippen LogP contribution >= 0.6 is 0 Å². The molecule has 2 bridgehead atoms. The summed E-state index contributed by atoms with van der Waals surface area (Å²) >= 11 is 0. The van der Waals surface area contributed by atoms with Gasteiger partial charge < -0.3 is 5.21 Å². The molecule has 0 saturated heterocycles. The molecule has 16 heavy (non-hydrogen) atoms. The molecule has 0 amide bonds. The third kappa shape index (κ3) is 2.16. The minimum absolute atomic E-state index is 0.528. The standard InChI is InChI=1S/C14H23NO/c1-3-10(4-2)9-14(15-16)13-8-11-5-6-12(13)7-11/h5-6,10-13,16H,3-4,7-9H2,1-2H3/b15-14-/t11-,12+,13-/m1/s1. The van der Waals surface area contributed by atoms with Gasteiger partial charge in [-0.3, -0.25) is 0 Å². The maximum atomic E-state index is 9.22. The highest BCUT2D eigenvalue weighted by Gasteiger charge is 2.38. The first-order chi connectivity index (χ1) is 7.78. The van der Waals surface area contributed by atoms with Crippen LogP contribution in [0.3, 0.4) is 0 Å². The van der Waals surface area contributed by atoms with Crippen molar-refractivity contribution in [3.05, 3.63) is 12.2 Å². The molecular weight excluding hydrogens is 198 g/mol. The second kappa shape index (κ2) is 5.03. The Morgan fingerprint density at radius 1 is 1.31 bits per heavy atom. The number of hydrogen-bond acceptors (Lipinski definition) is 2. The smallest absolute Gasteiger partial charge is 0.0610 e. The van der Waals surface area contributed by atoms with Crippen molar-refractivity contribution in [3.8, 4) is 0 Å². The molecule has 90 valence electrons. The molecule has 3 atom stereocenters. The van der Waals surface area contributed by atoms with E-state index < -0.39 is 0 Å². The van der Waals surface area contributed by atoms with Gasteiger partial charge in [-0.1, -0.05) is 44.0 Å². The van der Waals surface area contributed by atoms with Gasteiger partial charge in [-0.05, 0) is 37.0 Å². The molecule has 1 fully saturated rings. The van der Waals surface area contributed by atoms with Crippen LogP contribution in [0.1, 0.15) is 46.0 Å². The molecule has 1 saturated carbocycles. The van der Waals surface area contributed by atoms with Gasteiger partial charge in [-0.25, -0.2) is 0 Å². The summed E-state index contributed by atoms with van der Waals surface area (Å²) in [6, 6.07) is 0. The lowest BCUT2D eigenvalue weighted by atomic mass is 9.83. The van der Waals surface area contributed by atoms with E-state index in [9.17, 15) is 5.21 Å². The summed E-state index contributed by atoms with van der Waals surface area (Å²) in [5.74, 6) is 2.63. The SMILES string of the molecule is CCC(CC)C/C(=N/O)[C@@H]1C[C@@H]2C=C[C@H]1C2. The van der Waals surface area contributed by atoms with Gasteiger partial charge in [0.2, 0.25) is 0 Å². The Hall–Kier alpha value is -0.790. The molecule has 0 aromatic heterocycles. The first kappa shape index (κ1) is 11.7. The van der Waals surface area contributed by atoms with Crippen molar-refractivity contribution >= 4 is 5.71 Å². The summed E-state index contributed by atoms with van der Waals surface area (Å²) in [5, 5.41) is 12.8. The van der Waals surface area contributed by atoms with Crippen molar-refractivity contribution in [1.29, 1.82) is 0 Å². The van der Waals surface area contributed by atoms with Gasteiger partial charge in [0.1, 0.15) is 0 Å². The summed E-state index contributed by atoms with van der Waals surface area (Å²) in [6.07, 6.45) is 10.5. The van der Waals surface area contributed by atoms with E-state index in [1.54, 1.807) is 0 Å². The lowest BCUT2D eigenvalue weighted by Gasteiger charge is -2.22. The van der Waals surface area contributed by atoms with E-state index in [-0.39, 0.29) is 0 Å². The molecular formula is C14H23NO. The average Bonchev–Trinajstić information content (AvgIpc) is 2.93. The quantitative estimate of drug-likeness (QED) is 0.325. The largest absolute Gasteiger partial charge is 0.411 e. The van der Waals surface area contributed by atoms with Crippen LogP contribution in [0.4, 0.5) is 0 Å². The zero-order valence-electron chi connectivity index (χ0n) is 10.4. The van der Waals surface area contributed by atoms with E-state index in [0.29, 0.717) is 17.8 Å².